The molecule has 0 aliphatic carbocycles. The summed E-state index contributed by atoms with van der Waals surface area (Å²) in [6.07, 6.45) is 9.81. The SMILES string of the molecule is CCCCCCC/C=C/[Si](OCC)(OCC)OCC. The van der Waals surface area contributed by atoms with Crippen LogP contribution in [-0.2, 0) is 13.3 Å². The van der Waals surface area contributed by atoms with Crippen molar-refractivity contribution in [3.63, 3.8) is 0 Å². The van der Waals surface area contributed by atoms with Gasteiger partial charge in [-0.1, -0.05) is 38.7 Å². The largest absolute Gasteiger partial charge is 0.529 e. The van der Waals surface area contributed by atoms with Crippen LogP contribution in [0.3, 0.4) is 0 Å². The maximum absolute atomic E-state index is 5.76. The van der Waals surface area contributed by atoms with Gasteiger partial charge < -0.3 is 13.3 Å². The Hall–Kier alpha value is -0.163. The van der Waals surface area contributed by atoms with Crippen molar-refractivity contribution in [2.45, 2.75) is 66.2 Å². The maximum atomic E-state index is 5.76. The first-order chi connectivity index (χ1) is 9.24. The second-order valence-electron chi connectivity index (χ2n) is 4.51. The molecule has 0 saturated heterocycles. The molecule has 0 heterocycles. The average Bonchev–Trinajstić information content (AvgIpc) is 2.39. The van der Waals surface area contributed by atoms with Gasteiger partial charge in [0.05, 0.1) is 0 Å². The van der Waals surface area contributed by atoms with Gasteiger partial charge in [-0.25, -0.2) is 0 Å². The molecule has 0 spiro atoms. The standard InChI is InChI=1S/C15H32O3Si/c1-5-9-10-11-12-13-14-15-19(16-6-2,17-7-3)18-8-4/h14-15H,5-13H2,1-4H3/b15-14+. The Labute approximate surface area is 120 Å². The van der Waals surface area contributed by atoms with E-state index < -0.39 is 8.80 Å². The molecule has 0 aliphatic heterocycles. The maximum Gasteiger partial charge on any atom is 0.529 e. The number of allylic oxidation sites excluding steroid dienone is 1. The Morgan fingerprint density at radius 3 is 1.74 bits per heavy atom. The highest BCUT2D eigenvalue weighted by molar-refractivity contribution is 6.66. The van der Waals surface area contributed by atoms with Crippen molar-refractivity contribution in [2.24, 2.45) is 0 Å². The molecule has 114 valence electrons. The fourth-order valence-electron chi connectivity index (χ4n) is 1.97. The van der Waals surface area contributed by atoms with Gasteiger partial charge in [0.25, 0.3) is 0 Å². The summed E-state index contributed by atoms with van der Waals surface area (Å²) >= 11 is 0. The minimum absolute atomic E-state index is 0.632. The summed E-state index contributed by atoms with van der Waals surface area (Å²) in [5.74, 6) is 0. The normalized spacial score (nSPS) is 12.4. The number of hydrogen-bond acceptors (Lipinski definition) is 3. The minimum Gasteiger partial charge on any atom is -0.371 e. The van der Waals surface area contributed by atoms with Gasteiger partial charge in [-0.2, -0.15) is 0 Å². The van der Waals surface area contributed by atoms with E-state index in [1.165, 1.54) is 32.1 Å². The van der Waals surface area contributed by atoms with E-state index in [0.717, 1.165) is 6.42 Å². The summed E-state index contributed by atoms with van der Waals surface area (Å²) in [5.41, 5.74) is 2.06. The lowest BCUT2D eigenvalue weighted by Gasteiger charge is -2.25. The van der Waals surface area contributed by atoms with Gasteiger partial charge in [0.2, 0.25) is 0 Å². The van der Waals surface area contributed by atoms with Crippen LogP contribution in [0.25, 0.3) is 0 Å². The number of hydrogen-bond donors (Lipinski definition) is 0. The van der Waals surface area contributed by atoms with Crippen molar-refractivity contribution in [1.29, 1.82) is 0 Å². The molecule has 0 N–H and O–H groups in total. The first kappa shape index (κ1) is 18.8. The lowest BCUT2D eigenvalue weighted by molar-refractivity contribution is 0.0842. The van der Waals surface area contributed by atoms with Crippen molar-refractivity contribution in [3.8, 4) is 0 Å². The third-order valence-electron chi connectivity index (χ3n) is 2.83. The molecule has 0 rings (SSSR count). The zero-order chi connectivity index (χ0) is 14.4. The molecule has 4 heteroatoms. The van der Waals surface area contributed by atoms with E-state index in [2.05, 4.69) is 18.7 Å². The highest BCUT2D eigenvalue weighted by Crippen LogP contribution is 2.13. The molecule has 0 aromatic heterocycles. The third kappa shape index (κ3) is 9.38. The third-order valence-corrected chi connectivity index (χ3v) is 5.55. The number of rotatable bonds is 13. The summed E-state index contributed by atoms with van der Waals surface area (Å²) in [6, 6.07) is 0. The van der Waals surface area contributed by atoms with Crippen molar-refractivity contribution in [1.82, 2.24) is 0 Å². The van der Waals surface area contributed by atoms with Crippen LogP contribution in [-0.4, -0.2) is 28.6 Å². The summed E-state index contributed by atoms with van der Waals surface area (Å²) in [7, 11) is -2.55. The molecular weight excluding hydrogens is 256 g/mol. The zero-order valence-electron chi connectivity index (χ0n) is 13.2. The van der Waals surface area contributed by atoms with Gasteiger partial charge in [0.1, 0.15) is 0 Å². The Kier molecular flexibility index (Phi) is 12.7. The van der Waals surface area contributed by atoms with E-state index in [4.69, 9.17) is 13.3 Å². The Morgan fingerprint density at radius 2 is 1.26 bits per heavy atom. The summed E-state index contributed by atoms with van der Waals surface area (Å²) in [6.45, 7) is 10.1. The Bertz CT molecular complexity index is 202. The molecule has 0 fully saturated rings. The fraction of sp³-hybridized carbons (Fsp3) is 0.867. The van der Waals surface area contributed by atoms with Crippen LogP contribution in [0, 0.1) is 0 Å². The molecule has 0 aliphatic rings. The van der Waals surface area contributed by atoms with E-state index in [0.29, 0.717) is 19.8 Å². The zero-order valence-corrected chi connectivity index (χ0v) is 14.2. The van der Waals surface area contributed by atoms with Gasteiger partial charge >= 0.3 is 8.80 Å². The summed E-state index contributed by atoms with van der Waals surface area (Å²) in [4.78, 5) is 0. The van der Waals surface area contributed by atoms with Crippen LogP contribution in [0.4, 0.5) is 0 Å². The van der Waals surface area contributed by atoms with Crippen molar-refractivity contribution < 1.29 is 13.3 Å². The second kappa shape index (κ2) is 12.8. The van der Waals surface area contributed by atoms with Crippen LogP contribution in [0.5, 0.6) is 0 Å². The van der Waals surface area contributed by atoms with Crippen LogP contribution in [0.15, 0.2) is 11.8 Å². The van der Waals surface area contributed by atoms with E-state index in [9.17, 15) is 0 Å². The van der Waals surface area contributed by atoms with Crippen LogP contribution in [0.2, 0.25) is 0 Å². The van der Waals surface area contributed by atoms with Gasteiger partial charge in [0, 0.05) is 19.8 Å². The van der Waals surface area contributed by atoms with Crippen molar-refractivity contribution >= 4 is 8.80 Å². The highest BCUT2D eigenvalue weighted by Gasteiger charge is 2.37. The van der Waals surface area contributed by atoms with Crippen molar-refractivity contribution in [3.05, 3.63) is 11.8 Å². The predicted octanol–water partition coefficient (Wildman–Crippen LogP) is 4.49. The van der Waals surface area contributed by atoms with Crippen LogP contribution in [0.1, 0.15) is 66.2 Å². The van der Waals surface area contributed by atoms with Crippen molar-refractivity contribution in [2.75, 3.05) is 19.8 Å². The van der Waals surface area contributed by atoms with Crippen LogP contribution < -0.4 is 0 Å². The monoisotopic (exact) mass is 288 g/mol. The van der Waals surface area contributed by atoms with Gasteiger partial charge in [-0.3, -0.25) is 0 Å². The Balaban J connectivity index is 4.13. The lowest BCUT2D eigenvalue weighted by atomic mass is 10.1. The first-order valence-corrected chi connectivity index (χ1v) is 9.64. The smallest absolute Gasteiger partial charge is 0.371 e. The fourth-order valence-corrected chi connectivity index (χ4v) is 4.17. The highest BCUT2D eigenvalue weighted by atomic mass is 28.4. The average molecular weight is 289 g/mol. The van der Waals surface area contributed by atoms with Gasteiger partial charge in [0.15, 0.2) is 0 Å². The molecule has 0 aromatic carbocycles. The quantitative estimate of drug-likeness (QED) is 0.369. The summed E-state index contributed by atoms with van der Waals surface area (Å²) < 4.78 is 17.3. The molecular formula is C15H32O3Si. The molecule has 0 aromatic rings. The van der Waals surface area contributed by atoms with Gasteiger partial charge in [-0.05, 0) is 39.3 Å². The molecule has 0 radical (unpaired) electrons. The number of unbranched alkanes of at least 4 members (excludes halogenated alkanes) is 5. The first-order valence-electron chi connectivity index (χ1n) is 7.84. The second-order valence-corrected chi connectivity index (χ2v) is 6.91. The van der Waals surface area contributed by atoms with E-state index in [1.54, 1.807) is 0 Å². The van der Waals surface area contributed by atoms with E-state index in [1.807, 2.05) is 20.8 Å². The predicted molar refractivity (Wildman–Crippen MR) is 83.1 cm³/mol. The molecule has 0 atom stereocenters. The minimum atomic E-state index is -2.55. The molecule has 0 amide bonds. The van der Waals surface area contributed by atoms with Crippen LogP contribution >= 0.6 is 0 Å². The topological polar surface area (TPSA) is 27.7 Å². The lowest BCUT2D eigenvalue weighted by Crippen LogP contribution is -2.44. The summed E-state index contributed by atoms with van der Waals surface area (Å²) in [5, 5.41) is 0. The molecule has 0 saturated carbocycles. The molecule has 0 bridgehead atoms. The van der Waals surface area contributed by atoms with E-state index >= 15 is 0 Å². The Morgan fingerprint density at radius 1 is 0.737 bits per heavy atom. The molecule has 19 heavy (non-hydrogen) atoms. The van der Waals surface area contributed by atoms with Gasteiger partial charge in [-0.15, -0.1) is 0 Å². The van der Waals surface area contributed by atoms with E-state index in [-0.39, 0.29) is 0 Å². The molecule has 3 nitrogen and oxygen atoms in total. The molecule has 0 unspecified atom stereocenters.